The molecule has 6 heteroatoms. The molecule has 0 spiro atoms. The van der Waals surface area contributed by atoms with Crippen molar-refractivity contribution < 1.29 is 19.1 Å². The van der Waals surface area contributed by atoms with Crippen LogP contribution >= 0.6 is 0 Å². The summed E-state index contributed by atoms with van der Waals surface area (Å²) in [5, 5.41) is 2.88. The molecule has 3 aromatic carbocycles. The van der Waals surface area contributed by atoms with Crippen molar-refractivity contribution in [2.45, 2.75) is 52.0 Å². The maximum Gasteiger partial charge on any atom is 0.411 e. The van der Waals surface area contributed by atoms with Crippen molar-refractivity contribution in [3.05, 3.63) is 95.6 Å². The van der Waals surface area contributed by atoms with Gasteiger partial charge in [-0.25, -0.2) is 4.79 Å². The highest BCUT2D eigenvalue weighted by Crippen LogP contribution is 2.34. The van der Waals surface area contributed by atoms with Crippen molar-refractivity contribution in [3.63, 3.8) is 0 Å². The standard InChI is InChI=1S/C28H30N2O4/c1-19-26(31)29-23-17-20(15-16-24(23)33-19)18-30(27(32)34-28(2,3)4)25(21-11-7-5-8-12-21)22-13-9-6-10-14-22/h5-17,19,25H,18H2,1-4H3,(H,29,31). The maximum absolute atomic E-state index is 13.5. The van der Waals surface area contributed by atoms with E-state index in [0.717, 1.165) is 16.7 Å². The first-order valence-corrected chi connectivity index (χ1v) is 11.4. The van der Waals surface area contributed by atoms with Gasteiger partial charge in [0.15, 0.2) is 6.10 Å². The number of nitrogens with one attached hydrogen (secondary N) is 1. The van der Waals surface area contributed by atoms with Crippen molar-refractivity contribution in [2.75, 3.05) is 5.32 Å². The van der Waals surface area contributed by atoms with Crippen LogP contribution in [0.4, 0.5) is 10.5 Å². The zero-order valence-electron chi connectivity index (χ0n) is 19.9. The van der Waals surface area contributed by atoms with Gasteiger partial charge in [-0.05, 0) is 56.5 Å². The van der Waals surface area contributed by atoms with Crippen LogP contribution in [-0.4, -0.2) is 28.6 Å². The van der Waals surface area contributed by atoms with Gasteiger partial charge in [-0.3, -0.25) is 9.69 Å². The molecule has 1 N–H and O–H groups in total. The molecule has 0 saturated carbocycles. The molecule has 34 heavy (non-hydrogen) atoms. The van der Waals surface area contributed by atoms with E-state index in [-0.39, 0.29) is 18.5 Å². The van der Waals surface area contributed by atoms with E-state index >= 15 is 0 Å². The summed E-state index contributed by atoms with van der Waals surface area (Å²) < 4.78 is 11.5. The van der Waals surface area contributed by atoms with Gasteiger partial charge < -0.3 is 14.8 Å². The van der Waals surface area contributed by atoms with Crippen LogP contribution in [0, 0.1) is 0 Å². The van der Waals surface area contributed by atoms with Gasteiger partial charge in [0.1, 0.15) is 11.4 Å². The lowest BCUT2D eigenvalue weighted by Gasteiger charge is -2.34. The second-order valence-corrected chi connectivity index (χ2v) is 9.41. The van der Waals surface area contributed by atoms with Gasteiger partial charge in [0.05, 0.1) is 18.3 Å². The van der Waals surface area contributed by atoms with E-state index in [0.29, 0.717) is 11.4 Å². The molecule has 176 valence electrons. The average Bonchev–Trinajstić information content (AvgIpc) is 2.80. The minimum absolute atomic E-state index is 0.194. The van der Waals surface area contributed by atoms with Crippen LogP contribution in [0.3, 0.4) is 0 Å². The van der Waals surface area contributed by atoms with E-state index in [1.54, 1.807) is 11.8 Å². The van der Waals surface area contributed by atoms with Crippen LogP contribution in [0.25, 0.3) is 0 Å². The van der Waals surface area contributed by atoms with E-state index in [1.807, 2.05) is 99.6 Å². The number of hydrogen-bond donors (Lipinski definition) is 1. The molecule has 0 radical (unpaired) electrons. The molecule has 6 nitrogen and oxygen atoms in total. The summed E-state index contributed by atoms with van der Waals surface area (Å²) in [6.07, 6.45) is -0.964. The van der Waals surface area contributed by atoms with Crippen LogP contribution in [0.2, 0.25) is 0 Å². The van der Waals surface area contributed by atoms with E-state index in [1.165, 1.54) is 0 Å². The van der Waals surface area contributed by atoms with Crippen LogP contribution in [-0.2, 0) is 16.1 Å². The first kappa shape index (κ1) is 23.4. The normalized spacial score (nSPS) is 15.2. The lowest BCUT2D eigenvalue weighted by Crippen LogP contribution is -2.39. The number of hydrogen-bond acceptors (Lipinski definition) is 4. The summed E-state index contributed by atoms with van der Waals surface area (Å²) in [4.78, 5) is 27.4. The SMILES string of the molecule is CC1Oc2ccc(CN(C(=O)OC(C)(C)C)C(c3ccccc3)c3ccccc3)cc2NC1=O. The Bertz CT molecular complexity index is 1120. The fourth-order valence-electron chi connectivity index (χ4n) is 3.96. The monoisotopic (exact) mass is 458 g/mol. The number of amides is 2. The van der Waals surface area contributed by atoms with Crippen molar-refractivity contribution >= 4 is 17.7 Å². The Morgan fingerprint density at radius 1 is 1.00 bits per heavy atom. The average molecular weight is 459 g/mol. The number of rotatable bonds is 5. The van der Waals surface area contributed by atoms with Crippen molar-refractivity contribution in [3.8, 4) is 5.75 Å². The minimum Gasteiger partial charge on any atom is -0.479 e. The van der Waals surface area contributed by atoms with Crippen LogP contribution in [0.1, 0.15) is 50.4 Å². The third-order valence-corrected chi connectivity index (χ3v) is 5.50. The Morgan fingerprint density at radius 3 is 2.15 bits per heavy atom. The number of nitrogens with zero attached hydrogens (tertiary/aromatic N) is 1. The third kappa shape index (κ3) is 5.39. The molecule has 1 heterocycles. The highest BCUT2D eigenvalue weighted by molar-refractivity contribution is 5.97. The molecular formula is C28H30N2O4. The lowest BCUT2D eigenvalue weighted by molar-refractivity contribution is -0.122. The van der Waals surface area contributed by atoms with Gasteiger partial charge in [-0.1, -0.05) is 66.7 Å². The molecule has 0 aliphatic carbocycles. The molecule has 4 rings (SSSR count). The van der Waals surface area contributed by atoms with E-state index < -0.39 is 17.8 Å². The number of carbonyl (C=O) groups is 2. The minimum atomic E-state index is -0.652. The summed E-state index contributed by atoms with van der Waals surface area (Å²) in [6, 6.07) is 25.0. The molecule has 2 amide bonds. The van der Waals surface area contributed by atoms with Gasteiger partial charge >= 0.3 is 6.09 Å². The molecule has 1 unspecified atom stereocenters. The van der Waals surface area contributed by atoms with E-state index in [9.17, 15) is 9.59 Å². The zero-order chi connectivity index (χ0) is 24.3. The Labute approximate surface area is 200 Å². The first-order valence-electron chi connectivity index (χ1n) is 11.4. The molecule has 3 aromatic rings. The molecule has 0 aromatic heterocycles. The summed E-state index contributed by atoms with van der Waals surface area (Å²) in [6.45, 7) is 7.56. The van der Waals surface area contributed by atoms with E-state index in [2.05, 4.69) is 5.32 Å². The highest BCUT2D eigenvalue weighted by atomic mass is 16.6. The summed E-state index contributed by atoms with van der Waals surface area (Å²) in [5.41, 5.74) is 2.74. The number of fused-ring (bicyclic) bond motifs is 1. The number of carbonyl (C=O) groups excluding carboxylic acids is 2. The Balaban J connectivity index is 1.75. The first-order chi connectivity index (χ1) is 16.2. The zero-order valence-corrected chi connectivity index (χ0v) is 19.9. The largest absolute Gasteiger partial charge is 0.479 e. The summed E-state index contributed by atoms with van der Waals surface area (Å²) in [5.74, 6) is 0.419. The second-order valence-electron chi connectivity index (χ2n) is 9.41. The van der Waals surface area contributed by atoms with Crippen molar-refractivity contribution in [1.82, 2.24) is 4.90 Å². The van der Waals surface area contributed by atoms with E-state index in [4.69, 9.17) is 9.47 Å². The van der Waals surface area contributed by atoms with Gasteiger partial charge in [0.25, 0.3) is 5.91 Å². The topological polar surface area (TPSA) is 67.9 Å². The Morgan fingerprint density at radius 2 is 1.59 bits per heavy atom. The fourth-order valence-corrected chi connectivity index (χ4v) is 3.96. The molecule has 0 fully saturated rings. The Kier molecular flexibility index (Phi) is 6.59. The lowest BCUT2D eigenvalue weighted by atomic mass is 9.96. The van der Waals surface area contributed by atoms with Gasteiger partial charge in [0.2, 0.25) is 0 Å². The molecule has 1 aliphatic heterocycles. The van der Waals surface area contributed by atoms with Gasteiger partial charge in [0, 0.05) is 0 Å². The van der Waals surface area contributed by atoms with Gasteiger partial charge in [-0.2, -0.15) is 0 Å². The number of anilines is 1. The maximum atomic E-state index is 13.5. The predicted octanol–water partition coefficient (Wildman–Crippen LogP) is 5.93. The smallest absolute Gasteiger partial charge is 0.411 e. The highest BCUT2D eigenvalue weighted by Gasteiger charge is 2.31. The summed E-state index contributed by atoms with van der Waals surface area (Å²) >= 11 is 0. The fraction of sp³-hybridized carbons (Fsp3) is 0.286. The van der Waals surface area contributed by atoms with Crippen molar-refractivity contribution in [1.29, 1.82) is 0 Å². The van der Waals surface area contributed by atoms with Crippen LogP contribution < -0.4 is 10.1 Å². The van der Waals surface area contributed by atoms with Crippen LogP contribution in [0.5, 0.6) is 5.75 Å². The quantitative estimate of drug-likeness (QED) is 0.514. The number of benzene rings is 3. The molecule has 0 saturated heterocycles. The summed E-state index contributed by atoms with van der Waals surface area (Å²) in [7, 11) is 0. The second kappa shape index (κ2) is 9.59. The molecule has 1 atom stereocenters. The molecule has 0 bridgehead atoms. The third-order valence-electron chi connectivity index (χ3n) is 5.50. The predicted molar refractivity (Wildman–Crippen MR) is 132 cm³/mol. The van der Waals surface area contributed by atoms with Crippen LogP contribution in [0.15, 0.2) is 78.9 Å². The molecular weight excluding hydrogens is 428 g/mol. The van der Waals surface area contributed by atoms with Crippen molar-refractivity contribution in [2.24, 2.45) is 0 Å². The molecule has 1 aliphatic rings. The van der Waals surface area contributed by atoms with Gasteiger partial charge in [-0.15, -0.1) is 0 Å². The Hall–Kier alpha value is -3.80. The number of ether oxygens (including phenoxy) is 2.